The molecule has 0 aliphatic carbocycles. The molecule has 0 heterocycles. The Morgan fingerprint density at radius 1 is 1.41 bits per heavy atom. The number of hydrogen-bond acceptors (Lipinski definition) is 2. The molecule has 1 atom stereocenters. The zero-order valence-corrected chi connectivity index (χ0v) is 10.3. The summed E-state index contributed by atoms with van der Waals surface area (Å²) in [5, 5.41) is 2.97. The predicted octanol–water partition coefficient (Wildman–Crippen LogP) is 4.15. The van der Waals surface area contributed by atoms with Crippen LogP contribution >= 0.6 is 11.6 Å². The van der Waals surface area contributed by atoms with Gasteiger partial charge >= 0.3 is 6.18 Å². The minimum atomic E-state index is -4.44. The van der Waals surface area contributed by atoms with Crippen molar-refractivity contribution < 1.29 is 13.2 Å². The van der Waals surface area contributed by atoms with Crippen molar-refractivity contribution in [3.8, 4) is 0 Å². The van der Waals surface area contributed by atoms with Gasteiger partial charge in [0.15, 0.2) is 0 Å². The summed E-state index contributed by atoms with van der Waals surface area (Å²) in [4.78, 5) is 0. The van der Waals surface area contributed by atoms with Crippen LogP contribution in [-0.2, 0) is 6.18 Å². The van der Waals surface area contributed by atoms with Crippen LogP contribution in [0.3, 0.4) is 0 Å². The van der Waals surface area contributed by atoms with Gasteiger partial charge in [0.05, 0.1) is 22.0 Å². The first-order valence-electron chi connectivity index (χ1n) is 5.18. The molecule has 6 heteroatoms. The van der Waals surface area contributed by atoms with Crippen LogP contribution in [0.4, 0.5) is 24.5 Å². The largest absolute Gasteiger partial charge is 0.416 e. The zero-order chi connectivity index (χ0) is 13.2. The van der Waals surface area contributed by atoms with Gasteiger partial charge in [-0.1, -0.05) is 18.5 Å². The number of alkyl halides is 3. The highest BCUT2D eigenvalue weighted by atomic mass is 35.5. The minimum absolute atomic E-state index is 0.00475. The maximum absolute atomic E-state index is 12.5. The molecule has 2 nitrogen and oxygen atoms in total. The van der Waals surface area contributed by atoms with Crippen molar-refractivity contribution in [3.63, 3.8) is 0 Å². The summed E-state index contributed by atoms with van der Waals surface area (Å²) in [6, 6.07) is 1.85. The number of nitrogens with two attached hydrogens (primary N) is 1. The van der Waals surface area contributed by atoms with E-state index in [1.807, 2.05) is 13.8 Å². The molecule has 1 aromatic carbocycles. The van der Waals surface area contributed by atoms with Crippen LogP contribution in [-0.4, -0.2) is 6.04 Å². The van der Waals surface area contributed by atoms with E-state index < -0.39 is 11.7 Å². The lowest BCUT2D eigenvalue weighted by Crippen LogP contribution is -2.16. The van der Waals surface area contributed by atoms with Crippen molar-refractivity contribution in [2.45, 2.75) is 32.5 Å². The number of nitrogens with one attached hydrogen (secondary N) is 1. The molecule has 96 valence electrons. The first-order valence-corrected chi connectivity index (χ1v) is 5.56. The third-order valence-electron chi connectivity index (χ3n) is 2.45. The highest BCUT2D eigenvalue weighted by Crippen LogP contribution is 2.37. The van der Waals surface area contributed by atoms with E-state index in [0.29, 0.717) is 5.69 Å². The fraction of sp³-hybridized carbons (Fsp3) is 0.455. The van der Waals surface area contributed by atoms with Gasteiger partial charge in [0.1, 0.15) is 0 Å². The van der Waals surface area contributed by atoms with Crippen molar-refractivity contribution in [2.24, 2.45) is 0 Å². The summed E-state index contributed by atoms with van der Waals surface area (Å²) in [7, 11) is 0. The van der Waals surface area contributed by atoms with Crippen LogP contribution in [0.5, 0.6) is 0 Å². The molecule has 17 heavy (non-hydrogen) atoms. The molecule has 0 spiro atoms. The van der Waals surface area contributed by atoms with E-state index in [4.69, 9.17) is 17.3 Å². The van der Waals surface area contributed by atoms with Crippen molar-refractivity contribution in [3.05, 3.63) is 22.7 Å². The smallest absolute Gasteiger partial charge is 0.397 e. The van der Waals surface area contributed by atoms with Gasteiger partial charge in [-0.05, 0) is 25.5 Å². The van der Waals surface area contributed by atoms with Gasteiger partial charge in [-0.2, -0.15) is 13.2 Å². The fourth-order valence-corrected chi connectivity index (χ4v) is 1.57. The number of halogens is 4. The van der Waals surface area contributed by atoms with Gasteiger partial charge < -0.3 is 11.1 Å². The summed E-state index contributed by atoms with van der Waals surface area (Å²) >= 11 is 5.80. The average molecular weight is 267 g/mol. The highest BCUT2D eigenvalue weighted by molar-refractivity contribution is 6.34. The average Bonchev–Trinajstić information content (AvgIpc) is 2.21. The molecule has 0 saturated heterocycles. The standard InChI is InChI=1S/C11H14ClF3N2/c1-3-6(2)17-10-8(12)4-7(5-9(10)16)11(13,14)15/h4-6,17H,3,16H2,1-2H3. The second-order valence-electron chi connectivity index (χ2n) is 3.87. The Labute approximate surface area is 103 Å². The zero-order valence-electron chi connectivity index (χ0n) is 9.53. The first-order chi connectivity index (χ1) is 7.75. The highest BCUT2D eigenvalue weighted by Gasteiger charge is 2.31. The topological polar surface area (TPSA) is 38.0 Å². The first kappa shape index (κ1) is 14.0. The van der Waals surface area contributed by atoms with E-state index in [1.54, 1.807) is 0 Å². The lowest BCUT2D eigenvalue weighted by Gasteiger charge is -2.18. The molecule has 0 fully saturated rings. The lowest BCUT2D eigenvalue weighted by atomic mass is 10.1. The van der Waals surface area contributed by atoms with Crippen molar-refractivity contribution in [2.75, 3.05) is 11.1 Å². The van der Waals surface area contributed by atoms with E-state index in [-0.39, 0.29) is 16.8 Å². The molecule has 1 aromatic rings. The number of hydrogen-bond donors (Lipinski definition) is 2. The molecule has 0 radical (unpaired) electrons. The third-order valence-corrected chi connectivity index (χ3v) is 2.75. The SMILES string of the molecule is CCC(C)Nc1c(N)cc(C(F)(F)F)cc1Cl. The van der Waals surface area contributed by atoms with Crippen molar-refractivity contribution >= 4 is 23.0 Å². The normalized spacial score (nSPS) is 13.5. The predicted molar refractivity (Wildman–Crippen MR) is 64.2 cm³/mol. The summed E-state index contributed by atoms with van der Waals surface area (Å²) in [5.41, 5.74) is 5.10. The van der Waals surface area contributed by atoms with Gasteiger partial charge in [0.25, 0.3) is 0 Å². The Morgan fingerprint density at radius 3 is 2.41 bits per heavy atom. The molecule has 0 bridgehead atoms. The molecule has 3 N–H and O–H groups in total. The molecule has 0 amide bonds. The second-order valence-corrected chi connectivity index (χ2v) is 4.28. The van der Waals surface area contributed by atoms with Crippen LogP contribution in [0, 0.1) is 0 Å². The Kier molecular flexibility index (Phi) is 4.14. The Morgan fingerprint density at radius 2 is 2.00 bits per heavy atom. The molecular formula is C11H14ClF3N2. The van der Waals surface area contributed by atoms with E-state index in [1.165, 1.54) is 0 Å². The number of benzene rings is 1. The third kappa shape index (κ3) is 3.43. The molecule has 0 saturated carbocycles. The summed E-state index contributed by atoms with van der Waals surface area (Å²) in [5.74, 6) is 0. The maximum Gasteiger partial charge on any atom is 0.416 e. The van der Waals surface area contributed by atoms with Crippen molar-refractivity contribution in [1.82, 2.24) is 0 Å². The number of anilines is 2. The Bertz CT molecular complexity index is 381. The second kappa shape index (κ2) is 5.04. The molecule has 1 rings (SSSR count). The number of rotatable bonds is 3. The molecule has 0 aliphatic heterocycles. The quantitative estimate of drug-likeness (QED) is 0.807. The van der Waals surface area contributed by atoms with Crippen LogP contribution < -0.4 is 11.1 Å². The molecule has 0 aliphatic rings. The maximum atomic E-state index is 12.5. The minimum Gasteiger partial charge on any atom is -0.397 e. The van der Waals surface area contributed by atoms with Gasteiger partial charge in [0.2, 0.25) is 0 Å². The summed E-state index contributed by atoms with van der Waals surface area (Å²) < 4.78 is 37.4. The monoisotopic (exact) mass is 266 g/mol. The van der Waals surface area contributed by atoms with E-state index in [9.17, 15) is 13.2 Å². The lowest BCUT2D eigenvalue weighted by molar-refractivity contribution is -0.137. The van der Waals surface area contributed by atoms with Crippen LogP contribution in [0.2, 0.25) is 5.02 Å². The van der Waals surface area contributed by atoms with Gasteiger partial charge in [-0.25, -0.2) is 0 Å². The Hall–Kier alpha value is -1.10. The molecule has 1 unspecified atom stereocenters. The van der Waals surface area contributed by atoms with E-state index >= 15 is 0 Å². The van der Waals surface area contributed by atoms with Gasteiger partial charge in [-0.15, -0.1) is 0 Å². The summed E-state index contributed by atoms with van der Waals surface area (Å²) in [6.45, 7) is 3.85. The van der Waals surface area contributed by atoms with Gasteiger partial charge in [-0.3, -0.25) is 0 Å². The van der Waals surface area contributed by atoms with E-state index in [0.717, 1.165) is 18.6 Å². The Balaban J connectivity index is 3.11. The molecule has 0 aromatic heterocycles. The molecular weight excluding hydrogens is 253 g/mol. The van der Waals surface area contributed by atoms with E-state index in [2.05, 4.69) is 5.32 Å². The van der Waals surface area contributed by atoms with Crippen LogP contribution in [0.1, 0.15) is 25.8 Å². The van der Waals surface area contributed by atoms with Gasteiger partial charge in [0, 0.05) is 6.04 Å². The summed E-state index contributed by atoms with van der Waals surface area (Å²) in [6.07, 6.45) is -3.62. The van der Waals surface area contributed by atoms with Crippen molar-refractivity contribution in [1.29, 1.82) is 0 Å². The van der Waals surface area contributed by atoms with Crippen LogP contribution in [0.15, 0.2) is 12.1 Å². The van der Waals surface area contributed by atoms with Crippen LogP contribution in [0.25, 0.3) is 0 Å². The number of nitrogen functional groups attached to an aromatic ring is 1. The fourth-order valence-electron chi connectivity index (χ4n) is 1.29.